The van der Waals surface area contributed by atoms with Gasteiger partial charge in [-0.2, -0.15) is 0 Å². The van der Waals surface area contributed by atoms with Crippen LogP contribution in [0.5, 0.6) is 0 Å². The number of nitrogens with zero attached hydrogens (tertiary/aromatic N) is 4. The Kier molecular flexibility index (Phi) is 5.01. The largest absolute Gasteiger partial charge is 0.352 e. The predicted molar refractivity (Wildman–Crippen MR) is 86.2 cm³/mol. The van der Waals surface area contributed by atoms with Crippen molar-refractivity contribution in [3.8, 4) is 0 Å². The average Bonchev–Trinajstić information content (AvgIpc) is 2.68. The first kappa shape index (κ1) is 17.6. The van der Waals surface area contributed by atoms with Gasteiger partial charge in [0.25, 0.3) is 5.91 Å². The molecule has 2 heterocycles. The Balaban J connectivity index is 1.68. The lowest BCUT2D eigenvalue weighted by atomic mass is 10.2. The topological polar surface area (TPSA) is 78.4 Å². The Morgan fingerprint density at radius 2 is 1.73 bits per heavy atom. The van der Waals surface area contributed by atoms with Gasteiger partial charge in [-0.15, -0.1) is 10.2 Å². The summed E-state index contributed by atoms with van der Waals surface area (Å²) < 4.78 is 39.7. The minimum Gasteiger partial charge on any atom is -0.352 e. The molecule has 0 aliphatic carbocycles. The number of carbonyl (C=O) groups is 2. The van der Waals surface area contributed by atoms with Crippen LogP contribution < -0.4 is 10.2 Å². The number of hydrogen-bond acceptors (Lipinski definition) is 5. The van der Waals surface area contributed by atoms with Crippen molar-refractivity contribution in [3.63, 3.8) is 0 Å². The van der Waals surface area contributed by atoms with E-state index in [1.807, 2.05) is 4.90 Å². The Labute approximate surface area is 146 Å². The van der Waals surface area contributed by atoms with E-state index in [2.05, 4.69) is 15.5 Å². The third-order valence-corrected chi connectivity index (χ3v) is 3.95. The number of halogens is 3. The van der Waals surface area contributed by atoms with Crippen LogP contribution >= 0.6 is 0 Å². The van der Waals surface area contributed by atoms with Gasteiger partial charge in [0.05, 0.1) is 5.69 Å². The normalized spacial score (nSPS) is 14.3. The third-order valence-electron chi connectivity index (χ3n) is 3.95. The lowest BCUT2D eigenvalue weighted by Gasteiger charge is -2.32. The van der Waals surface area contributed by atoms with Crippen LogP contribution in [0.25, 0.3) is 0 Å². The van der Waals surface area contributed by atoms with Gasteiger partial charge in [0.1, 0.15) is 0 Å². The highest BCUT2D eigenvalue weighted by Gasteiger charge is 2.19. The van der Waals surface area contributed by atoms with Crippen LogP contribution in [0.1, 0.15) is 10.5 Å². The summed E-state index contributed by atoms with van der Waals surface area (Å²) in [7, 11) is 0. The smallest absolute Gasteiger partial charge is 0.276 e. The van der Waals surface area contributed by atoms with Crippen LogP contribution in [0, 0.1) is 17.5 Å². The zero-order chi connectivity index (χ0) is 18.7. The molecule has 3 rings (SSSR count). The summed E-state index contributed by atoms with van der Waals surface area (Å²) in [6, 6.07) is 4.59. The molecule has 26 heavy (non-hydrogen) atoms. The number of benzene rings is 1. The van der Waals surface area contributed by atoms with Crippen LogP contribution in [0.3, 0.4) is 0 Å². The van der Waals surface area contributed by atoms with E-state index in [9.17, 15) is 22.8 Å². The molecule has 7 nitrogen and oxygen atoms in total. The first-order valence-corrected chi connectivity index (χ1v) is 7.72. The van der Waals surface area contributed by atoms with Crippen molar-refractivity contribution in [2.75, 3.05) is 36.4 Å². The van der Waals surface area contributed by atoms with Gasteiger partial charge in [0, 0.05) is 26.2 Å². The fourth-order valence-corrected chi connectivity index (χ4v) is 2.48. The number of rotatable bonds is 4. The molecule has 136 valence electrons. The van der Waals surface area contributed by atoms with E-state index < -0.39 is 29.0 Å². The Hall–Kier alpha value is -3.17. The van der Waals surface area contributed by atoms with Crippen LogP contribution in [0.2, 0.25) is 0 Å². The van der Waals surface area contributed by atoms with Gasteiger partial charge in [-0.3, -0.25) is 9.59 Å². The number of hydrogen-bond donors (Lipinski definition) is 1. The van der Waals surface area contributed by atoms with Gasteiger partial charge in [0.15, 0.2) is 29.0 Å². The molecule has 1 N–H and O–H groups in total. The van der Waals surface area contributed by atoms with E-state index in [1.54, 1.807) is 11.0 Å². The number of piperazine rings is 1. The molecule has 0 radical (unpaired) electrons. The monoisotopic (exact) mass is 365 g/mol. The SMILES string of the molecule is O=CN1CCN(c2ccc(C(=O)Nc3ccc(F)c(F)c3F)nn2)CC1. The van der Waals surface area contributed by atoms with Crippen LogP contribution in [0.15, 0.2) is 24.3 Å². The maximum atomic E-state index is 13.6. The maximum Gasteiger partial charge on any atom is 0.276 e. The molecule has 0 unspecified atom stereocenters. The van der Waals surface area contributed by atoms with Crippen molar-refractivity contribution < 1.29 is 22.8 Å². The molecule has 0 spiro atoms. The van der Waals surface area contributed by atoms with Crippen molar-refractivity contribution in [1.82, 2.24) is 15.1 Å². The van der Waals surface area contributed by atoms with E-state index in [0.29, 0.717) is 38.1 Å². The number of nitrogens with one attached hydrogen (secondary N) is 1. The fourth-order valence-electron chi connectivity index (χ4n) is 2.48. The van der Waals surface area contributed by atoms with Crippen molar-refractivity contribution in [1.29, 1.82) is 0 Å². The van der Waals surface area contributed by atoms with Gasteiger partial charge >= 0.3 is 0 Å². The van der Waals surface area contributed by atoms with E-state index in [-0.39, 0.29) is 5.69 Å². The third kappa shape index (κ3) is 3.58. The van der Waals surface area contributed by atoms with Gasteiger partial charge in [0.2, 0.25) is 6.41 Å². The first-order valence-electron chi connectivity index (χ1n) is 7.72. The first-order chi connectivity index (χ1) is 12.5. The van der Waals surface area contributed by atoms with E-state index in [4.69, 9.17) is 0 Å². The number of carbonyl (C=O) groups excluding carboxylic acids is 2. The second kappa shape index (κ2) is 7.38. The van der Waals surface area contributed by atoms with E-state index in [0.717, 1.165) is 12.5 Å². The van der Waals surface area contributed by atoms with Gasteiger partial charge in [-0.05, 0) is 24.3 Å². The summed E-state index contributed by atoms with van der Waals surface area (Å²) in [6.07, 6.45) is 0.786. The number of anilines is 2. The predicted octanol–water partition coefficient (Wildman–Crippen LogP) is 1.42. The fraction of sp³-hybridized carbons (Fsp3) is 0.250. The molecule has 1 aromatic heterocycles. The van der Waals surface area contributed by atoms with Crippen molar-refractivity contribution in [2.45, 2.75) is 0 Å². The number of aromatic nitrogens is 2. The molecule has 1 aromatic carbocycles. The molecule has 0 saturated carbocycles. The molecule has 1 aliphatic rings. The van der Waals surface area contributed by atoms with Crippen molar-refractivity contribution in [3.05, 3.63) is 47.4 Å². The van der Waals surface area contributed by atoms with Crippen LogP contribution in [0.4, 0.5) is 24.7 Å². The minimum atomic E-state index is -1.67. The standard InChI is InChI=1S/C16H14F3N5O2/c17-10-1-2-11(15(19)14(10)18)20-16(26)12-3-4-13(22-21-12)24-7-5-23(9-25)6-8-24/h1-4,9H,5-8H2,(H,20,26). The molecule has 1 fully saturated rings. The highest BCUT2D eigenvalue weighted by atomic mass is 19.2. The summed E-state index contributed by atoms with van der Waals surface area (Å²) in [6.45, 7) is 2.28. The molecular formula is C16H14F3N5O2. The summed E-state index contributed by atoms with van der Waals surface area (Å²) in [5.41, 5.74) is -0.603. The van der Waals surface area contributed by atoms with Crippen LogP contribution in [-0.4, -0.2) is 53.6 Å². The molecule has 0 bridgehead atoms. The second-order valence-corrected chi connectivity index (χ2v) is 5.58. The Bertz CT molecular complexity index is 823. The minimum absolute atomic E-state index is 0.107. The molecular weight excluding hydrogens is 351 g/mol. The van der Waals surface area contributed by atoms with Gasteiger partial charge in [-0.25, -0.2) is 13.2 Å². The quantitative estimate of drug-likeness (QED) is 0.655. The lowest BCUT2D eigenvalue weighted by Crippen LogP contribution is -2.46. The van der Waals surface area contributed by atoms with Gasteiger partial charge < -0.3 is 15.1 Å². The molecule has 1 saturated heterocycles. The van der Waals surface area contributed by atoms with E-state index in [1.165, 1.54) is 6.07 Å². The van der Waals surface area contributed by atoms with Crippen molar-refractivity contribution >= 4 is 23.8 Å². The van der Waals surface area contributed by atoms with Crippen molar-refractivity contribution in [2.24, 2.45) is 0 Å². The summed E-state index contributed by atoms with van der Waals surface area (Å²) >= 11 is 0. The average molecular weight is 365 g/mol. The molecule has 2 amide bonds. The highest BCUT2D eigenvalue weighted by molar-refractivity contribution is 6.02. The zero-order valence-electron chi connectivity index (χ0n) is 13.5. The van der Waals surface area contributed by atoms with Gasteiger partial charge in [-0.1, -0.05) is 0 Å². The second-order valence-electron chi connectivity index (χ2n) is 5.58. The Morgan fingerprint density at radius 1 is 1.00 bits per heavy atom. The number of amides is 2. The molecule has 10 heteroatoms. The molecule has 2 aromatic rings. The molecule has 0 atom stereocenters. The summed E-state index contributed by atoms with van der Waals surface area (Å²) in [5, 5.41) is 9.86. The van der Waals surface area contributed by atoms with Crippen LogP contribution in [-0.2, 0) is 4.79 Å². The lowest BCUT2D eigenvalue weighted by molar-refractivity contribution is -0.118. The summed E-state index contributed by atoms with van der Waals surface area (Å²) in [5.74, 6) is -4.78. The maximum absolute atomic E-state index is 13.6. The van der Waals surface area contributed by atoms with E-state index >= 15 is 0 Å². The summed E-state index contributed by atoms with van der Waals surface area (Å²) in [4.78, 5) is 26.3. The Morgan fingerprint density at radius 3 is 2.35 bits per heavy atom. The zero-order valence-corrected chi connectivity index (χ0v) is 13.5. The highest BCUT2D eigenvalue weighted by Crippen LogP contribution is 2.20. The molecule has 1 aliphatic heterocycles.